The molecular weight excluding hydrogens is 398 g/mol. The van der Waals surface area contributed by atoms with Crippen LogP contribution in [0.4, 0.5) is 0 Å². The third-order valence-electron chi connectivity index (χ3n) is 5.07. The van der Waals surface area contributed by atoms with Crippen LogP contribution in [0.5, 0.6) is 0 Å². The Hall–Kier alpha value is -2.04. The molecule has 3 aromatic rings. The summed E-state index contributed by atoms with van der Waals surface area (Å²) in [6.07, 6.45) is 0.632. The van der Waals surface area contributed by atoms with Crippen LogP contribution in [0.3, 0.4) is 0 Å². The monoisotopic (exact) mass is 421 g/mol. The Balaban J connectivity index is 1.45. The zero-order valence-electron chi connectivity index (χ0n) is 16.1. The van der Waals surface area contributed by atoms with Crippen molar-refractivity contribution >= 4 is 21.2 Å². The minimum Gasteiger partial charge on any atom is -0.338 e. The normalized spacial score (nSPS) is 18.9. The average molecular weight is 422 g/mol. The van der Waals surface area contributed by atoms with Gasteiger partial charge in [0.1, 0.15) is 0 Å². The lowest BCUT2D eigenvalue weighted by Crippen LogP contribution is -2.19. The van der Waals surface area contributed by atoms with Gasteiger partial charge in [-0.1, -0.05) is 11.2 Å². The molecule has 1 aliphatic heterocycles. The number of thiophene rings is 1. The standard InChI is InChI=1S/C18H23N5O3S2/c1-12-15(13(2)23(20-12)14-6-8-28(24,25)11-14)9-22(3)10-17-19-18(21-26-17)16-5-4-7-27-16/h4-5,7,14H,6,8-11H2,1-3H3/t14-/m0/s1. The van der Waals surface area contributed by atoms with E-state index in [1.807, 2.05) is 43.1 Å². The highest BCUT2D eigenvalue weighted by Crippen LogP contribution is 2.27. The van der Waals surface area contributed by atoms with Gasteiger partial charge in [0, 0.05) is 17.8 Å². The molecule has 10 heteroatoms. The van der Waals surface area contributed by atoms with Crippen LogP contribution < -0.4 is 0 Å². The van der Waals surface area contributed by atoms with Crippen molar-refractivity contribution in [3.8, 4) is 10.7 Å². The van der Waals surface area contributed by atoms with E-state index in [1.54, 1.807) is 11.3 Å². The number of rotatable bonds is 6. The predicted octanol–water partition coefficient (Wildman–Crippen LogP) is 2.60. The van der Waals surface area contributed by atoms with Gasteiger partial charge in [0.2, 0.25) is 11.7 Å². The zero-order valence-corrected chi connectivity index (χ0v) is 17.8. The van der Waals surface area contributed by atoms with E-state index in [4.69, 9.17) is 4.52 Å². The lowest BCUT2D eigenvalue weighted by Gasteiger charge is -2.15. The Morgan fingerprint density at radius 1 is 1.36 bits per heavy atom. The molecule has 3 aromatic heterocycles. The topological polar surface area (TPSA) is 94.1 Å². The summed E-state index contributed by atoms with van der Waals surface area (Å²) in [5.41, 5.74) is 3.07. The maximum Gasteiger partial charge on any atom is 0.241 e. The first-order valence-corrected chi connectivity index (χ1v) is 11.8. The second kappa shape index (κ2) is 7.41. The first-order chi connectivity index (χ1) is 13.3. The van der Waals surface area contributed by atoms with Crippen molar-refractivity contribution in [3.05, 3.63) is 40.4 Å². The molecular formula is C18H23N5O3S2. The van der Waals surface area contributed by atoms with Crippen molar-refractivity contribution < 1.29 is 12.9 Å². The van der Waals surface area contributed by atoms with Gasteiger partial charge in [-0.2, -0.15) is 10.1 Å². The molecule has 0 unspecified atom stereocenters. The summed E-state index contributed by atoms with van der Waals surface area (Å²) in [4.78, 5) is 7.55. The van der Waals surface area contributed by atoms with E-state index in [0.717, 1.165) is 21.8 Å². The molecule has 0 spiro atoms. The maximum atomic E-state index is 11.8. The molecule has 1 atom stereocenters. The molecule has 0 aromatic carbocycles. The van der Waals surface area contributed by atoms with Gasteiger partial charge < -0.3 is 4.52 Å². The summed E-state index contributed by atoms with van der Waals surface area (Å²) in [5, 5.41) is 10.7. The Labute approximate surface area is 168 Å². The van der Waals surface area contributed by atoms with Crippen LogP contribution in [0.15, 0.2) is 22.0 Å². The van der Waals surface area contributed by atoms with Crippen LogP contribution in [0.2, 0.25) is 0 Å². The molecule has 1 aliphatic rings. The number of hydrogen-bond acceptors (Lipinski definition) is 8. The maximum absolute atomic E-state index is 11.8. The Bertz CT molecular complexity index is 1070. The van der Waals surface area contributed by atoms with Gasteiger partial charge in [-0.15, -0.1) is 11.3 Å². The Morgan fingerprint density at radius 3 is 2.86 bits per heavy atom. The highest BCUT2D eigenvalue weighted by atomic mass is 32.2. The number of nitrogens with zero attached hydrogens (tertiary/aromatic N) is 5. The minimum atomic E-state index is -2.94. The van der Waals surface area contributed by atoms with Gasteiger partial charge in [0.15, 0.2) is 9.84 Å². The van der Waals surface area contributed by atoms with Crippen molar-refractivity contribution in [1.82, 2.24) is 24.8 Å². The first-order valence-electron chi connectivity index (χ1n) is 9.12. The second-order valence-electron chi connectivity index (χ2n) is 7.31. The molecule has 1 fully saturated rings. The second-order valence-corrected chi connectivity index (χ2v) is 10.5. The molecule has 0 amide bonds. The summed E-state index contributed by atoms with van der Waals surface area (Å²) in [6.45, 7) is 5.18. The van der Waals surface area contributed by atoms with E-state index in [-0.39, 0.29) is 17.5 Å². The quantitative estimate of drug-likeness (QED) is 0.604. The van der Waals surface area contributed by atoms with Crippen LogP contribution in [0.25, 0.3) is 10.7 Å². The molecule has 8 nitrogen and oxygen atoms in total. The van der Waals surface area contributed by atoms with Crippen molar-refractivity contribution in [3.63, 3.8) is 0 Å². The van der Waals surface area contributed by atoms with Crippen molar-refractivity contribution in [2.24, 2.45) is 0 Å². The fourth-order valence-corrected chi connectivity index (χ4v) is 5.97. The van der Waals surface area contributed by atoms with E-state index in [2.05, 4.69) is 20.1 Å². The third kappa shape index (κ3) is 3.89. The molecule has 150 valence electrons. The molecule has 0 bridgehead atoms. The molecule has 0 saturated carbocycles. The van der Waals surface area contributed by atoms with Gasteiger partial charge in [-0.25, -0.2) is 8.42 Å². The number of hydrogen-bond donors (Lipinski definition) is 0. The molecule has 0 N–H and O–H groups in total. The van der Waals surface area contributed by atoms with Gasteiger partial charge in [-0.05, 0) is 38.8 Å². The van der Waals surface area contributed by atoms with E-state index < -0.39 is 9.84 Å². The van der Waals surface area contributed by atoms with E-state index in [0.29, 0.717) is 31.2 Å². The van der Waals surface area contributed by atoms with Crippen molar-refractivity contribution in [1.29, 1.82) is 0 Å². The summed E-state index contributed by atoms with van der Waals surface area (Å²) < 4.78 is 30.9. The van der Waals surface area contributed by atoms with E-state index in [9.17, 15) is 8.42 Å². The zero-order chi connectivity index (χ0) is 19.9. The van der Waals surface area contributed by atoms with E-state index >= 15 is 0 Å². The van der Waals surface area contributed by atoms with Crippen LogP contribution in [-0.4, -0.2) is 51.8 Å². The fraction of sp³-hybridized carbons (Fsp3) is 0.500. The van der Waals surface area contributed by atoms with Crippen molar-refractivity contribution in [2.45, 2.75) is 39.4 Å². The molecule has 0 aliphatic carbocycles. The number of aryl methyl sites for hydroxylation is 1. The lowest BCUT2D eigenvalue weighted by atomic mass is 10.1. The summed E-state index contributed by atoms with van der Waals surface area (Å²) in [6, 6.07) is 3.86. The van der Waals surface area contributed by atoms with Gasteiger partial charge >= 0.3 is 0 Å². The SMILES string of the molecule is Cc1nn([C@H]2CCS(=O)(=O)C2)c(C)c1CN(C)Cc1nc(-c2cccs2)no1. The van der Waals surface area contributed by atoms with Crippen LogP contribution in [-0.2, 0) is 22.9 Å². The van der Waals surface area contributed by atoms with Crippen molar-refractivity contribution in [2.75, 3.05) is 18.6 Å². The number of aromatic nitrogens is 4. The Morgan fingerprint density at radius 2 is 2.18 bits per heavy atom. The highest BCUT2D eigenvalue weighted by molar-refractivity contribution is 7.91. The minimum absolute atomic E-state index is 0.0629. The van der Waals surface area contributed by atoms with Gasteiger partial charge in [0.25, 0.3) is 0 Å². The molecule has 4 rings (SSSR count). The first kappa shape index (κ1) is 19.3. The highest BCUT2D eigenvalue weighted by Gasteiger charge is 2.31. The Kier molecular flexibility index (Phi) is 5.11. The third-order valence-corrected chi connectivity index (χ3v) is 7.69. The molecule has 28 heavy (non-hydrogen) atoms. The molecule has 0 radical (unpaired) electrons. The summed E-state index contributed by atoms with van der Waals surface area (Å²) in [7, 11) is -0.951. The van der Waals surface area contributed by atoms with Crippen LogP contribution >= 0.6 is 11.3 Å². The van der Waals surface area contributed by atoms with Gasteiger partial charge in [0.05, 0.1) is 34.7 Å². The smallest absolute Gasteiger partial charge is 0.241 e. The van der Waals surface area contributed by atoms with E-state index in [1.165, 1.54) is 0 Å². The summed E-state index contributed by atoms with van der Waals surface area (Å²) in [5.74, 6) is 1.60. The largest absolute Gasteiger partial charge is 0.338 e. The van der Waals surface area contributed by atoms with Gasteiger partial charge in [-0.3, -0.25) is 9.58 Å². The average Bonchev–Trinajstić information content (AvgIpc) is 3.39. The lowest BCUT2D eigenvalue weighted by molar-refractivity contribution is 0.260. The van der Waals surface area contributed by atoms with Crippen LogP contribution in [0, 0.1) is 13.8 Å². The molecule has 1 saturated heterocycles. The predicted molar refractivity (Wildman–Crippen MR) is 107 cm³/mol. The molecule has 4 heterocycles. The number of sulfone groups is 1. The fourth-order valence-electron chi connectivity index (χ4n) is 3.63. The van der Waals surface area contributed by atoms with Crippen LogP contribution in [0.1, 0.15) is 35.3 Å². The summed E-state index contributed by atoms with van der Waals surface area (Å²) >= 11 is 1.58.